The lowest BCUT2D eigenvalue weighted by Gasteiger charge is -2.26. The van der Waals surface area contributed by atoms with E-state index in [1.54, 1.807) is 24.3 Å². The quantitative estimate of drug-likeness (QED) is 0.870. The van der Waals surface area contributed by atoms with E-state index in [1.807, 2.05) is 0 Å². The van der Waals surface area contributed by atoms with E-state index in [0.717, 1.165) is 0 Å². The zero-order valence-electron chi connectivity index (χ0n) is 10.8. The largest absolute Gasteiger partial charge is 0.349 e. The van der Waals surface area contributed by atoms with E-state index in [1.165, 1.54) is 0 Å². The molecule has 0 aliphatic heterocycles. The minimum atomic E-state index is -0.0556. The third kappa shape index (κ3) is 4.04. The highest BCUT2D eigenvalue weighted by molar-refractivity contribution is 6.30. The minimum absolute atomic E-state index is 0.0556. The van der Waals surface area contributed by atoms with Gasteiger partial charge in [-0.2, -0.15) is 0 Å². The van der Waals surface area contributed by atoms with Crippen LogP contribution in [0.3, 0.4) is 0 Å². The number of hydrogen-bond acceptors (Lipinski definition) is 1. The standard InChI is InChI=1S/C14H20ClNO/c1-9(2)13(10(3)4)16-14(17)11-6-5-7-12(15)8-11/h5-10,13H,1-4H3,(H,16,17). The highest BCUT2D eigenvalue weighted by Crippen LogP contribution is 2.14. The van der Waals surface area contributed by atoms with Crippen molar-refractivity contribution in [1.82, 2.24) is 5.32 Å². The van der Waals surface area contributed by atoms with E-state index in [9.17, 15) is 4.79 Å². The molecule has 0 saturated heterocycles. The van der Waals surface area contributed by atoms with Gasteiger partial charge in [0, 0.05) is 16.6 Å². The maximum Gasteiger partial charge on any atom is 0.251 e. The van der Waals surface area contributed by atoms with Crippen molar-refractivity contribution in [2.75, 3.05) is 0 Å². The summed E-state index contributed by atoms with van der Waals surface area (Å²) in [5.74, 6) is 0.774. The first-order chi connectivity index (χ1) is 7.91. The Morgan fingerprint density at radius 1 is 1.18 bits per heavy atom. The number of nitrogens with one attached hydrogen (secondary N) is 1. The lowest BCUT2D eigenvalue weighted by Crippen LogP contribution is -2.42. The molecule has 0 fully saturated rings. The second-order valence-electron chi connectivity index (χ2n) is 5.00. The molecule has 0 bridgehead atoms. The van der Waals surface area contributed by atoms with Crippen molar-refractivity contribution in [2.45, 2.75) is 33.7 Å². The van der Waals surface area contributed by atoms with Gasteiger partial charge in [-0.05, 0) is 30.0 Å². The number of hydrogen-bond donors (Lipinski definition) is 1. The van der Waals surface area contributed by atoms with Crippen LogP contribution in [-0.4, -0.2) is 11.9 Å². The van der Waals surface area contributed by atoms with Gasteiger partial charge in [0.1, 0.15) is 0 Å². The molecule has 1 aromatic carbocycles. The van der Waals surface area contributed by atoms with E-state index < -0.39 is 0 Å². The van der Waals surface area contributed by atoms with Crippen molar-refractivity contribution in [1.29, 1.82) is 0 Å². The number of benzene rings is 1. The zero-order valence-corrected chi connectivity index (χ0v) is 11.6. The summed E-state index contributed by atoms with van der Waals surface area (Å²) in [4.78, 5) is 12.0. The van der Waals surface area contributed by atoms with Gasteiger partial charge < -0.3 is 5.32 Å². The Labute approximate surface area is 108 Å². The van der Waals surface area contributed by atoms with Gasteiger partial charge in [-0.15, -0.1) is 0 Å². The second-order valence-corrected chi connectivity index (χ2v) is 5.43. The fourth-order valence-electron chi connectivity index (χ4n) is 1.97. The van der Waals surface area contributed by atoms with E-state index >= 15 is 0 Å². The maximum atomic E-state index is 12.0. The normalized spacial score (nSPS) is 11.3. The van der Waals surface area contributed by atoms with Crippen molar-refractivity contribution < 1.29 is 4.79 Å². The first-order valence-corrected chi connectivity index (χ1v) is 6.36. The molecule has 3 heteroatoms. The van der Waals surface area contributed by atoms with Gasteiger partial charge in [0.2, 0.25) is 0 Å². The number of carbonyl (C=O) groups is 1. The lowest BCUT2D eigenvalue weighted by molar-refractivity contribution is 0.0910. The molecule has 0 unspecified atom stereocenters. The molecule has 1 amide bonds. The van der Waals surface area contributed by atoms with E-state index in [4.69, 9.17) is 11.6 Å². The second kappa shape index (κ2) is 6.06. The predicted octanol–water partition coefficient (Wildman–Crippen LogP) is 3.75. The number of amides is 1. The summed E-state index contributed by atoms with van der Waals surface area (Å²) in [7, 11) is 0. The van der Waals surface area contributed by atoms with Gasteiger partial charge in [0.25, 0.3) is 5.91 Å². The molecule has 0 aliphatic rings. The van der Waals surface area contributed by atoms with Crippen molar-refractivity contribution in [3.63, 3.8) is 0 Å². The molecule has 1 aromatic rings. The number of rotatable bonds is 4. The molecule has 0 atom stereocenters. The number of halogens is 1. The Balaban J connectivity index is 2.77. The third-order valence-electron chi connectivity index (χ3n) is 2.82. The van der Waals surface area contributed by atoms with Crippen LogP contribution in [0.25, 0.3) is 0 Å². The van der Waals surface area contributed by atoms with Crippen molar-refractivity contribution in [3.8, 4) is 0 Å². The Hall–Kier alpha value is -1.02. The SMILES string of the molecule is CC(C)C(NC(=O)c1cccc(Cl)c1)C(C)C. The van der Waals surface area contributed by atoms with Crippen molar-refractivity contribution in [2.24, 2.45) is 11.8 Å². The predicted molar refractivity (Wildman–Crippen MR) is 72.4 cm³/mol. The van der Waals surface area contributed by atoms with Gasteiger partial charge in [0.05, 0.1) is 0 Å². The average Bonchev–Trinajstić information content (AvgIpc) is 2.24. The van der Waals surface area contributed by atoms with Crippen molar-refractivity contribution >= 4 is 17.5 Å². The lowest BCUT2D eigenvalue weighted by atomic mass is 9.93. The summed E-state index contributed by atoms with van der Waals surface area (Å²) in [6.45, 7) is 8.46. The minimum Gasteiger partial charge on any atom is -0.349 e. The van der Waals surface area contributed by atoms with Crippen LogP contribution in [0.15, 0.2) is 24.3 Å². The average molecular weight is 254 g/mol. The highest BCUT2D eigenvalue weighted by atomic mass is 35.5. The van der Waals surface area contributed by atoms with Crippen LogP contribution >= 0.6 is 11.6 Å². The molecular formula is C14H20ClNO. The summed E-state index contributed by atoms with van der Waals surface area (Å²) >= 11 is 5.87. The summed E-state index contributed by atoms with van der Waals surface area (Å²) < 4.78 is 0. The van der Waals surface area contributed by atoms with Crippen LogP contribution in [0.1, 0.15) is 38.1 Å². The van der Waals surface area contributed by atoms with Gasteiger partial charge >= 0.3 is 0 Å². The van der Waals surface area contributed by atoms with Gasteiger partial charge in [-0.25, -0.2) is 0 Å². The third-order valence-corrected chi connectivity index (χ3v) is 3.06. The Bertz CT molecular complexity index is 380. The van der Waals surface area contributed by atoms with Crippen LogP contribution in [0.4, 0.5) is 0 Å². The van der Waals surface area contributed by atoms with Crippen LogP contribution in [0.5, 0.6) is 0 Å². The summed E-state index contributed by atoms with van der Waals surface area (Å²) in [5.41, 5.74) is 0.615. The fourth-order valence-corrected chi connectivity index (χ4v) is 2.16. The van der Waals surface area contributed by atoms with E-state index in [0.29, 0.717) is 22.4 Å². The summed E-state index contributed by atoms with van der Waals surface area (Å²) in [6.07, 6.45) is 0. The molecule has 0 saturated carbocycles. The topological polar surface area (TPSA) is 29.1 Å². The monoisotopic (exact) mass is 253 g/mol. The molecule has 0 aromatic heterocycles. The molecule has 0 radical (unpaired) electrons. The number of carbonyl (C=O) groups excluding carboxylic acids is 1. The van der Waals surface area contributed by atoms with Gasteiger partial charge in [-0.3, -0.25) is 4.79 Å². The maximum absolute atomic E-state index is 12.0. The van der Waals surface area contributed by atoms with Gasteiger partial charge in [0.15, 0.2) is 0 Å². The molecule has 0 aliphatic carbocycles. The first kappa shape index (κ1) is 14.0. The molecule has 17 heavy (non-hydrogen) atoms. The Morgan fingerprint density at radius 3 is 2.24 bits per heavy atom. The summed E-state index contributed by atoms with van der Waals surface area (Å²) in [5, 5.41) is 3.65. The molecule has 0 heterocycles. The van der Waals surface area contributed by atoms with Crippen LogP contribution in [0.2, 0.25) is 5.02 Å². The van der Waals surface area contributed by atoms with Gasteiger partial charge in [-0.1, -0.05) is 45.4 Å². The first-order valence-electron chi connectivity index (χ1n) is 5.98. The zero-order chi connectivity index (χ0) is 13.0. The molecule has 1 rings (SSSR count). The molecule has 94 valence electrons. The highest BCUT2D eigenvalue weighted by Gasteiger charge is 2.20. The van der Waals surface area contributed by atoms with Crippen LogP contribution in [0, 0.1) is 11.8 Å². The Morgan fingerprint density at radius 2 is 1.76 bits per heavy atom. The van der Waals surface area contributed by atoms with Crippen LogP contribution < -0.4 is 5.32 Å². The van der Waals surface area contributed by atoms with Crippen molar-refractivity contribution in [3.05, 3.63) is 34.9 Å². The smallest absolute Gasteiger partial charge is 0.251 e. The summed E-state index contributed by atoms with van der Waals surface area (Å²) in [6, 6.07) is 7.20. The van der Waals surface area contributed by atoms with E-state index in [2.05, 4.69) is 33.0 Å². The molecule has 0 spiro atoms. The Kier molecular flexibility index (Phi) is 5.01. The van der Waals surface area contributed by atoms with E-state index in [-0.39, 0.29) is 11.9 Å². The molecule has 2 nitrogen and oxygen atoms in total. The fraction of sp³-hybridized carbons (Fsp3) is 0.500. The molecule has 1 N–H and O–H groups in total. The van der Waals surface area contributed by atoms with Crippen LogP contribution in [-0.2, 0) is 0 Å². The molecular weight excluding hydrogens is 234 g/mol.